The van der Waals surface area contributed by atoms with Gasteiger partial charge >= 0.3 is 0 Å². The van der Waals surface area contributed by atoms with E-state index in [2.05, 4.69) is 47.9 Å². The molecule has 2 rings (SSSR count). The first kappa shape index (κ1) is 16.5. The summed E-state index contributed by atoms with van der Waals surface area (Å²) < 4.78 is 0. The van der Waals surface area contributed by atoms with Gasteiger partial charge in [0.1, 0.15) is 0 Å². The molecule has 1 aromatic carbocycles. The fourth-order valence-corrected chi connectivity index (χ4v) is 2.99. The summed E-state index contributed by atoms with van der Waals surface area (Å²) >= 11 is 0. The predicted molar refractivity (Wildman–Crippen MR) is 90.5 cm³/mol. The fourth-order valence-electron chi connectivity index (χ4n) is 2.99. The van der Waals surface area contributed by atoms with Gasteiger partial charge in [0.25, 0.3) is 0 Å². The van der Waals surface area contributed by atoms with Crippen LogP contribution in [0.3, 0.4) is 0 Å². The Kier molecular flexibility index (Phi) is 6.68. The largest absolute Gasteiger partial charge is 0.330 e. The molecule has 0 atom stereocenters. The number of nitrogens with two attached hydrogens (primary N) is 1. The molecule has 0 aliphatic carbocycles. The van der Waals surface area contributed by atoms with Crippen LogP contribution >= 0.6 is 0 Å². The van der Waals surface area contributed by atoms with Gasteiger partial charge in [0.2, 0.25) is 0 Å². The molecule has 0 unspecified atom stereocenters. The van der Waals surface area contributed by atoms with Crippen LogP contribution in [0.15, 0.2) is 24.3 Å². The molecule has 0 aromatic heterocycles. The van der Waals surface area contributed by atoms with Crippen molar-refractivity contribution in [1.29, 1.82) is 0 Å². The molecule has 3 heteroatoms. The molecule has 0 spiro atoms. The molecule has 0 saturated carbocycles. The first-order valence-electron chi connectivity index (χ1n) is 8.42. The van der Waals surface area contributed by atoms with Gasteiger partial charge in [-0.05, 0) is 56.1 Å². The van der Waals surface area contributed by atoms with Crippen LogP contribution in [0.5, 0.6) is 0 Å². The van der Waals surface area contributed by atoms with Crippen molar-refractivity contribution < 1.29 is 0 Å². The minimum absolute atomic E-state index is 0.619. The van der Waals surface area contributed by atoms with E-state index in [-0.39, 0.29) is 0 Å². The second-order valence-corrected chi connectivity index (χ2v) is 6.51. The first-order chi connectivity index (χ1) is 10.2. The zero-order chi connectivity index (χ0) is 15.1. The number of hydrogen-bond donors (Lipinski definition) is 1. The highest BCUT2D eigenvalue weighted by molar-refractivity contribution is 5.24. The van der Waals surface area contributed by atoms with Gasteiger partial charge in [0.15, 0.2) is 0 Å². The maximum absolute atomic E-state index is 5.61. The van der Waals surface area contributed by atoms with Crippen molar-refractivity contribution >= 4 is 0 Å². The van der Waals surface area contributed by atoms with Crippen molar-refractivity contribution in [2.75, 3.05) is 39.3 Å². The number of hydrogen-bond acceptors (Lipinski definition) is 3. The summed E-state index contributed by atoms with van der Waals surface area (Å²) in [5.74, 6) is 0.619. The summed E-state index contributed by atoms with van der Waals surface area (Å²) in [6.45, 7) is 12.4. The van der Waals surface area contributed by atoms with Gasteiger partial charge in [-0.1, -0.05) is 38.1 Å². The Labute approximate surface area is 130 Å². The smallest absolute Gasteiger partial charge is 0.0234 e. The summed E-state index contributed by atoms with van der Waals surface area (Å²) in [5, 5.41) is 0. The molecule has 3 nitrogen and oxygen atoms in total. The Hall–Kier alpha value is -0.900. The molecule has 1 saturated heterocycles. The van der Waals surface area contributed by atoms with Gasteiger partial charge < -0.3 is 10.6 Å². The van der Waals surface area contributed by atoms with Gasteiger partial charge in [0, 0.05) is 19.6 Å². The van der Waals surface area contributed by atoms with E-state index in [1.54, 1.807) is 0 Å². The highest BCUT2D eigenvalue weighted by Crippen LogP contribution is 2.16. The van der Waals surface area contributed by atoms with Gasteiger partial charge in [0.05, 0.1) is 0 Å². The Morgan fingerprint density at radius 2 is 1.67 bits per heavy atom. The molecule has 1 fully saturated rings. The van der Waals surface area contributed by atoms with Crippen LogP contribution in [0.25, 0.3) is 0 Å². The molecular weight excluding hydrogens is 258 g/mol. The number of benzene rings is 1. The van der Waals surface area contributed by atoms with E-state index in [0.717, 1.165) is 26.1 Å². The molecule has 1 heterocycles. The molecule has 1 aliphatic heterocycles. The molecule has 2 N–H and O–H groups in total. The van der Waals surface area contributed by atoms with Crippen LogP contribution in [0.1, 0.15) is 43.7 Å². The molecule has 118 valence electrons. The van der Waals surface area contributed by atoms with Crippen LogP contribution in [0.2, 0.25) is 0 Å². The zero-order valence-electron chi connectivity index (χ0n) is 13.7. The summed E-state index contributed by atoms with van der Waals surface area (Å²) in [6.07, 6.45) is 2.39. The van der Waals surface area contributed by atoms with Crippen LogP contribution < -0.4 is 5.73 Å². The minimum atomic E-state index is 0.619. The van der Waals surface area contributed by atoms with E-state index >= 15 is 0 Å². The number of nitrogens with zero attached hydrogens (tertiary/aromatic N) is 2. The predicted octanol–water partition coefficient (Wildman–Crippen LogP) is 2.67. The van der Waals surface area contributed by atoms with Crippen LogP contribution in [0.4, 0.5) is 0 Å². The average Bonchev–Trinajstić information content (AvgIpc) is 2.71. The lowest BCUT2D eigenvalue weighted by molar-refractivity contribution is 0.251. The van der Waals surface area contributed by atoms with E-state index in [1.807, 2.05) is 0 Å². The molecule has 0 radical (unpaired) electrons. The molecular formula is C18H31N3. The topological polar surface area (TPSA) is 32.5 Å². The first-order valence-corrected chi connectivity index (χ1v) is 8.42. The second-order valence-electron chi connectivity index (χ2n) is 6.51. The lowest BCUT2D eigenvalue weighted by Gasteiger charge is -2.22. The van der Waals surface area contributed by atoms with E-state index in [0.29, 0.717) is 5.92 Å². The monoisotopic (exact) mass is 289 g/mol. The van der Waals surface area contributed by atoms with Gasteiger partial charge in [-0.3, -0.25) is 4.90 Å². The Morgan fingerprint density at radius 3 is 2.33 bits per heavy atom. The molecule has 21 heavy (non-hydrogen) atoms. The summed E-state index contributed by atoms with van der Waals surface area (Å²) in [4.78, 5) is 5.15. The average molecular weight is 289 g/mol. The quantitative estimate of drug-likeness (QED) is 0.874. The van der Waals surface area contributed by atoms with E-state index < -0.39 is 0 Å². The molecule has 0 bridgehead atoms. The summed E-state index contributed by atoms with van der Waals surface area (Å²) in [6, 6.07) is 9.16. The fraction of sp³-hybridized carbons (Fsp3) is 0.667. The van der Waals surface area contributed by atoms with Crippen LogP contribution in [0, 0.1) is 0 Å². The third-order valence-corrected chi connectivity index (χ3v) is 4.41. The highest BCUT2D eigenvalue weighted by Gasteiger charge is 2.14. The highest BCUT2D eigenvalue weighted by atomic mass is 15.2. The van der Waals surface area contributed by atoms with E-state index in [4.69, 9.17) is 5.73 Å². The standard InChI is InChI=1S/C18H31N3/c1-16(2)18-7-5-17(6-8-18)15-21-12-4-11-20(13-14-21)10-3-9-19/h5-8,16H,3-4,9-15,19H2,1-2H3. The zero-order valence-corrected chi connectivity index (χ0v) is 13.7. The minimum Gasteiger partial charge on any atom is -0.330 e. The van der Waals surface area contributed by atoms with Gasteiger partial charge in [-0.25, -0.2) is 0 Å². The van der Waals surface area contributed by atoms with E-state index in [1.165, 1.54) is 43.7 Å². The van der Waals surface area contributed by atoms with Crippen molar-refractivity contribution in [2.45, 2.75) is 39.2 Å². The van der Waals surface area contributed by atoms with Gasteiger partial charge in [-0.2, -0.15) is 0 Å². The Balaban J connectivity index is 1.82. The number of rotatable bonds is 6. The van der Waals surface area contributed by atoms with Crippen molar-refractivity contribution in [3.8, 4) is 0 Å². The maximum Gasteiger partial charge on any atom is 0.0234 e. The van der Waals surface area contributed by atoms with Crippen LogP contribution in [-0.2, 0) is 6.54 Å². The lowest BCUT2D eigenvalue weighted by atomic mass is 10.0. The molecule has 0 amide bonds. The van der Waals surface area contributed by atoms with Gasteiger partial charge in [-0.15, -0.1) is 0 Å². The van der Waals surface area contributed by atoms with Crippen molar-refractivity contribution in [3.05, 3.63) is 35.4 Å². The SMILES string of the molecule is CC(C)c1ccc(CN2CCCN(CCCN)CC2)cc1. The summed E-state index contributed by atoms with van der Waals surface area (Å²) in [7, 11) is 0. The van der Waals surface area contributed by atoms with Crippen molar-refractivity contribution in [2.24, 2.45) is 5.73 Å². The lowest BCUT2D eigenvalue weighted by Crippen LogP contribution is -2.31. The summed E-state index contributed by atoms with van der Waals surface area (Å²) in [5.41, 5.74) is 8.48. The third-order valence-electron chi connectivity index (χ3n) is 4.41. The third kappa shape index (κ3) is 5.42. The van der Waals surface area contributed by atoms with Crippen molar-refractivity contribution in [1.82, 2.24) is 9.80 Å². The normalized spacial score (nSPS) is 18.1. The second kappa shape index (κ2) is 8.52. The molecule has 1 aliphatic rings. The Bertz CT molecular complexity index is 399. The van der Waals surface area contributed by atoms with Crippen molar-refractivity contribution in [3.63, 3.8) is 0 Å². The van der Waals surface area contributed by atoms with Crippen LogP contribution in [-0.4, -0.2) is 49.1 Å². The Morgan fingerprint density at radius 1 is 1.00 bits per heavy atom. The molecule has 1 aromatic rings. The van der Waals surface area contributed by atoms with E-state index in [9.17, 15) is 0 Å². The maximum atomic E-state index is 5.61.